The number of benzene rings is 3. The van der Waals surface area contributed by atoms with Crippen LogP contribution in [0.1, 0.15) is 5.56 Å². The van der Waals surface area contributed by atoms with E-state index >= 15 is 0 Å². The maximum absolute atomic E-state index is 14.4. The van der Waals surface area contributed by atoms with Crippen LogP contribution in [0, 0.1) is 5.82 Å². The fraction of sp³-hybridized carbons (Fsp3) is 0.231. The fourth-order valence-electron chi connectivity index (χ4n) is 4.31. The molecule has 35 heavy (non-hydrogen) atoms. The van der Waals surface area contributed by atoms with Crippen LogP contribution in [0.4, 0.5) is 4.39 Å². The van der Waals surface area contributed by atoms with Crippen LogP contribution in [-0.2, 0) is 6.54 Å². The summed E-state index contributed by atoms with van der Waals surface area (Å²) in [6.07, 6.45) is 0. The molecule has 9 heteroatoms. The summed E-state index contributed by atoms with van der Waals surface area (Å²) >= 11 is 18.7. The van der Waals surface area contributed by atoms with Gasteiger partial charge >= 0.3 is 0 Å². The summed E-state index contributed by atoms with van der Waals surface area (Å²) in [6.45, 7) is 4.70. The highest BCUT2D eigenvalue weighted by Crippen LogP contribution is 2.31. The predicted octanol–water partition coefficient (Wildman–Crippen LogP) is 5.90. The highest BCUT2D eigenvalue weighted by Gasteiger charge is 2.20. The SMILES string of the molecule is CN1CCN(Cc2ccc(Cl)c(-c3nc4cc(Cl)ccc4c(=O)n3-c3ccc(Cl)c(F)c3)c2)CC1. The molecule has 3 aromatic carbocycles. The van der Waals surface area contributed by atoms with Gasteiger partial charge in [0.05, 0.1) is 26.6 Å². The Bertz CT molecular complexity index is 1480. The summed E-state index contributed by atoms with van der Waals surface area (Å²) in [4.78, 5) is 23.1. The van der Waals surface area contributed by atoms with Crippen LogP contribution in [-0.4, -0.2) is 52.6 Å². The molecule has 0 amide bonds. The highest BCUT2D eigenvalue weighted by molar-refractivity contribution is 6.33. The van der Waals surface area contributed by atoms with Crippen LogP contribution in [0.3, 0.4) is 0 Å². The summed E-state index contributed by atoms with van der Waals surface area (Å²) in [5, 5.41) is 1.22. The Morgan fingerprint density at radius 2 is 1.66 bits per heavy atom. The third-order valence-electron chi connectivity index (χ3n) is 6.27. The molecule has 5 rings (SSSR count). The maximum Gasteiger partial charge on any atom is 0.266 e. The Labute approximate surface area is 217 Å². The van der Waals surface area contributed by atoms with E-state index in [2.05, 4.69) is 16.8 Å². The van der Waals surface area contributed by atoms with E-state index < -0.39 is 5.82 Å². The molecule has 5 nitrogen and oxygen atoms in total. The average molecular weight is 532 g/mol. The molecular formula is C26H22Cl3FN4O. The van der Waals surface area contributed by atoms with Gasteiger partial charge in [-0.05, 0) is 61.1 Å². The largest absolute Gasteiger partial charge is 0.304 e. The molecule has 0 spiro atoms. The molecule has 1 aliphatic heterocycles. The Kier molecular flexibility index (Phi) is 6.84. The van der Waals surface area contributed by atoms with E-state index in [4.69, 9.17) is 39.8 Å². The van der Waals surface area contributed by atoms with Crippen molar-refractivity contribution in [2.75, 3.05) is 33.2 Å². The van der Waals surface area contributed by atoms with Crippen LogP contribution in [0.15, 0.2) is 59.4 Å². The topological polar surface area (TPSA) is 41.4 Å². The van der Waals surface area contributed by atoms with E-state index in [-0.39, 0.29) is 10.6 Å². The zero-order valence-corrected chi connectivity index (χ0v) is 21.2. The van der Waals surface area contributed by atoms with Gasteiger partial charge in [0, 0.05) is 43.3 Å². The number of rotatable bonds is 4. The van der Waals surface area contributed by atoms with E-state index in [1.54, 1.807) is 24.3 Å². The molecule has 1 aliphatic rings. The highest BCUT2D eigenvalue weighted by atomic mass is 35.5. The summed E-state index contributed by atoms with van der Waals surface area (Å²) in [6, 6.07) is 14.8. The molecule has 0 unspecified atom stereocenters. The first-order valence-corrected chi connectivity index (χ1v) is 12.3. The van der Waals surface area contributed by atoms with Gasteiger partial charge in [0.25, 0.3) is 5.56 Å². The third-order valence-corrected chi connectivity index (χ3v) is 7.14. The van der Waals surface area contributed by atoms with Gasteiger partial charge in [0.1, 0.15) is 11.6 Å². The minimum absolute atomic E-state index is 0.0314. The number of likely N-dealkylation sites (N-methyl/N-ethyl adjacent to an activating group) is 1. The number of nitrogens with zero attached hydrogens (tertiary/aromatic N) is 4. The van der Waals surface area contributed by atoms with Gasteiger partial charge in [-0.25, -0.2) is 9.37 Å². The average Bonchev–Trinajstić information content (AvgIpc) is 2.83. The van der Waals surface area contributed by atoms with Crippen LogP contribution < -0.4 is 5.56 Å². The predicted molar refractivity (Wildman–Crippen MR) is 141 cm³/mol. The van der Waals surface area contributed by atoms with Crippen molar-refractivity contribution in [2.24, 2.45) is 0 Å². The molecule has 1 aromatic heterocycles. The Morgan fingerprint density at radius 1 is 0.914 bits per heavy atom. The lowest BCUT2D eigenvalue weighted by Gasteiger charge is -2.32. The van der Waals surface area contributed by atoms with Gasteiger partial charge in [-0.15, -0.1) is 0 Å². The second-order valence-electron chi connectivity index (χ2n) is 8.73. The quantitative estimate of drug-likeness (QED) is 0.329. The number of hydrogen-bond acceptors (Lipinski definition) is 4. The van der Waals surface area contributed by atoms with Gasteiger partial charge < -0.3 is 4.90 Å². The van der Waals surface area contributed by atoms with Gasteiger partial charge in [0.15, 0.2) is 0 Å². The molecule has 1 saturated heterocycles. The second-order valence-corrected chi connectivity index (χ2v) is 9.98. The van der Waals surface area contributed by atoms with E-state index in [9.17, 15) is 9.18 Å². The van der Waals surface area contributed by atoms with Crippen LogP contribution in [0.2, 0.25) is 15.1 Å². The van der Waals surface area contributed by atoms with Crippen molar-refractivity contribution in [3.8, 4) is 17.1 Å². The third kappa shape index (κ3) is 4.95. The first-order chi connectivity index (χ1) is 16.8. The van der Waals surface area contributed by atoms with Gasteiger partial charge in [-0.2, -0.15) is 0 Å². The molecule has 0 atom stereocenters. The van der Waals surface area contributed by atoms with Crippen molar-refractivity contribution in [2.45, 2.75) is 6.54 Å². The Balaban J connectivity index is 1.69. The molecule has 0 aliphatic carbocycles. The van der Waals surface area contributed by atoms with Crippen molar-refractivity contribution in [3.05, 3.63) is 91.4 Å². The number of hydrogen-bond donors (Lipinski definition) is 0. The number of halogens is 4. The minimum atomic E-state index is -0.631. The maximum atomic E-state index is 14.4. The van der Waals surface area contributed by atoms with E-state index in [1.165, 1.54) is 16.7 Å². The van der Waals surface area contributed by atoms with Crippen LogP contribution in [0.25, 0.3) is 28.0 Å². The van der Waals surface area contributed by atoms with Crippen LogP contribution >= 0.6 is 34.8 Å². The second kappa shape index (κ2) is 9.88. The van der Waals surface area contributed by atoms with E-state index in [0.29, 0.717) is 38.0 Å². The van der Waals surface area contributed by atoms with Crippen molar-refractivity contribution in [1.82, 2.24) is 19.4 Å². The Morgan fingerprint density at radius 3 is 2.40 bits per heavy atom. The smallest absolute Gasteiger partial charge is 0.266 e. The van der Waals surface area contributed by atoms with Crippen molar-refractivity contribution in [1.29, 1.82) is 0 Å². The molecule has 0 saturated carbocycles. The molecule has 1 fully saturated rings. The van der Waals surface area contributed by atoms with Crippen molar-refractivity contribution >= 4 is 45.7 Å². The van der Waals surface area contributed by atoms with Crippen LogP contribution in [0.5, 0.6) is 0 Å². The molecule has 4 aromatic rings. The first kappa shape index (κ1) is 24.2. The Hall–Kier alpha value is -2.48. The molecular weight excluding hydrogens is 510 g/mol. The van der Waals surface area contributed by atoms with E-state index in [0.717, 1.165) is 38.3 Å². The normalized spacial score (nSPS) is 15.1. The van der Waals surface area contributed by atoms with Crippen molar-refractivity contribution < 1.29 is 4.39 Å². The summed E-state index contributed by atoms with van der Waals surface area (Å²) < 4.78 is 15.8. The minimum Gasteiger partial charge on any atom is -0.304 e. The molecule has 180 valence electrons. The fourth-order valence-corrected chi connectivity index (χ4v) is 4.80. The molecule has 0 radical (unpaired) electrons. The van der Waals surface area contributed by atoms with Crippen molar-refractivity contribution in [3.63, 3.8) is 0 Å². The monoisotopic (exact) mass is 530 g/mol. The molecule has 0 bridgehead atoms. The number of aromatic nitrogens is 2. The lowest BCUT2D eigenvalue weighted by Crippen LogP contribution is -2.43. The standard InChI is InChI=1S/C26H22Cl3FN4O/c1-32-8-10-33(11-9-32)15-16-2-6-21(28)20(12-16)25-31-24-13-17(27)3-5-19(24)26(35)34(25)18-4-7-22(29)23(30)14-18/h2-7,12-14H,8-11,15H2,1H3. The van der Waals surface area contributed by atoms with E-state index in [1.807, 2.05) is 18.2 Å². The first-order valence-electron chi connectivity index (χ1n) is 11.2. The zero-order valence-electron chi connectivity index (χ0n) is 18.9. The summed E-state index contributed by atoms with van der Waals surface area (Å²) in [5.74, 6) is -0.329. The summed E-state index contributed by atoms with van der Waals surface area (Å²) in [7, 11) is 2.12. The lowest BCUT2D eigenvalue weighted by molar-refractivity contribution is 0.148. The number of piperazine rings is 1. The van der Waals surface area contributed by atoms with Gasteiger partial charge in [-0.3, -0.25) is 14.3 Å². The molecule has 0 N–H and O–H groups in total. The van der Waals surface area contributed by atoms with Gasteiger partial charge in [-0.1, -0.05) is 40.9 Å². The lowest BCUT2D eigenvalue weighted by atomic mass is 10.1. The molecule has 2 heterocycles. The number of fused-ring (bicyclic) bond motifs is 1. The summed E-state index contributed by atoms with van der Waals surface area (Å²) in [5.41, 5.74) is 2.00. The van der Waals surface area contributed by atoms with Gasteiger partial charge in [0.2, 0.25) is 0 Å². The zero-order chi connectivity index (χ0) is 24.7.